The van der Waals surface area contributed by atoms with Gasteiger partial charge in [0.1, 0.15) is 5.75 Å². The minimum absolute atomic E-state index is 0.0194. The lowest BCUT2D eigenvalue weighted by Crippen LogP contribution is -2.31. The molecule has 1 unspecified atom stereocenters. The molecule has 0 aliphatic heterocycles. The molecule has 1 aromatic rings. The average Bonchev–Trinajstić information content (AvgIpc) is 2.37. The van der Waals surface area contributed by atoms with E-state index in [0.29, 0.717) is 19.6 Å². The van der Waals surface area contributed by atoms with E-state index >= 15 is 0 Å². The van der Waals surface area contributed by atoms with Crippen LogP contribution in [0.1, 0.15) is 13.3 Å². The molecule has 112 valence electrons. The first kappa shape index (κ1) is 17.3. The van der Waals surface area contributed by atoms with Crippen molar-refractivity contribution in [2.45, 2.75) is 19.4 Å². The number of nitrogens with one attached hydrogen (secondary N) is 1. The second kappa shape index (κ2) is 10.1. The predicted octanol–water partition coefficient (Wildman–Crippen LogP) is 2.41. The van der Waals surface area contributed by atoms with Gasteiger partial charge in [0.15, 0.2) is 0 Å². The van der Waals surface area contributed by atoms with Crippen LogP contribution in [0, 0.1) is 0 Å². The second-order valence-corrected chi connectivity index (χ2v) is 6.59. The van der Waals surface area contributed by atoms with Crippen molar-refractivity contribution in [1.82, 2.24) is 5.32 Å². The summed E-state index contributed by atoms with van der Waals surface area (Å²) in [6.45, 7) is 3.16. The Bertz CT molecular complexity index is 416. The molecule has 1 amide bonds. The van der Waals surface area contributed by atoms with Gasteiger partial charge >= 0.3 is 0 Å². The molecule has 0 bridgehead atoms. The maximum Gasteiger partial charge on any atom is 0.221 e. The molecule has 0 aliphatic carbocycles. The summed E-state index contributed by atoms with van der Waals surface area (Å²) in [7, 11) is 0. The highest BCUT2D eigenvalue weighted by Crippen LogP contribution is 2.17. The number of halogens is 1. The van der Waals surface area contributed by atoms with E-state index in [4.69, 9.17) is 10.5 Å². The molecule has 1 atom stereocenters. The molecule has 4 nitrogen and oxygen atoms in total. The number of hydrogen-bond donors (Lipinski definition) is 2. The lowest BCUT2D eigenvalue weighted by molar-refractivity contribution is -0.121. The predicted molar refractivity (Wildman–Crippen MR) is 88.2 cm³/mol. The van der Waals surface area contributed by atoms with Crippen molar-refractivity contribution in [1.29, 1.82) is 0 Å². The van der Waals surface area contributed by atoms with E-state index in [1.54, 1.807) is 11.8 Å². The molecular formula is C14H21BrN2O2S. The number of amides is 1. The maximum atomic E-state index is 11.3. The molecule has 0 saturated carbocycles. The van der Waals surface area contributed by atoms with Crippen molar-refractivity contribution in [3.8, 4) is 5.75 Å². The van der Waals surface area contributed by atoms with Gasteiger partial charge in [-0.15, -0.1) is 0 Å². The van der Waals surface area contributed by atoms with Crippen LogP contribution in [0.2, 0.25) is 0 Å². The molecule has 0 radical (unpaired) electrons. The Balaban J connectivity index is 1.99. The van der Waals surface area contributed by atoms with Crippen molar-refractivity contribution < 1.29 is 9.53 Å². The van der Waals surface area contributed by atoms with Crippen LogP contribution >= 0.6 is 27.7 Å². The van der Waals surface area contributed by atoms with Gasteiger partial charge in [-0.1, -0.05) is 22.0 Å². The van der Waals surface area contributed by atoms with Crippen LogP contribution in [0.3, 0.4) is 0 Å². The van der Waals surface area contributed by atoms with Gasteiger partial charge in [0, 0.05) is 35.0 Å². The minimum Gasteiger partial charge on any atom is -0.493 e. The molecule has 0 spiro atoms. The monoisotopic (exact) mass is 360 g/mol. The average molecular weight is 361 g/mol. The van der Waals surface area contributed by atoms with Gasteiger partial charge in [0.25, 0.3) is 0 Å². The molecule has 3 N–H and O–H groups in total. The number of nitrogens with two attached hydrogens (primary N) is 1. The molecule has 0 aromatic heterocycles. The first-order valence-electron chi connectivity index (χ1n) is 6.56. The van der Waals surface area contributed by atoms with E-state index in [-0.39, 0.29) is 11.9 Å². The quantitative estimate of drug-likeness (QED) is 0.663. The van der Waals surface area contributed by atoms with Gasteiger partial charge in [-0.3, -0.25) is 4.79 Å². The topological polar surface area (TPSA) is 64.4 Å². The van der Waals surface area contributed by atoms with E-state index < -0.39 is 0 Å². The van der Waals surface area contributed by atoms with Gasteiger partial charge in [0.2, 0.25) is 5.91 Å². The Labute approximate surface area is 133 Å². The van der Waals surface area contributed by atoms with Gasteiger partial charge in [-0.2, -0.15) is 11.8 Å². The number of thioether (sulfide) groups is 1. The first-order chi connectivity index (χ1) is 9.58. The Hall–Kier alpha value is -0.720. The zero-order chi connectivity index (χ0) is 14.8. The van der Waals surface area contributed by atoms with Crippen molar-refractivity contribution in [3.63, 3.8) is 0 Å². The van der Waals surface area contributed by atoms with E-state index in [2.05, 4.69) is 21.2 Å². The summed E-state index contributed by atoms with van der Waals surface area (Å²) in [5.41, 5.74) is 5.54. The van der Waals surface area contributed by atoms with E-state index in [1.165, 1.54) is 0 Å². The van der Waals surface area contributed by atoms with Crippen molar-refractivity contribution >= 4 is 33.6 Å². The molecule has 1 aromatic carbocycles. The fourth-order valence-corrected chi connectivity index (χ4v) is 2.53. The second-order valence-electron chi connectivity index (χ2n) is 4.45. The Morgan fingerprint density at radius 3 is 3.00 bits per heavy atom. The van der Waals surface area contributed by atoms with Gasteiger partial charge in [-0.25, -0.2) is 0 Å². The van der Waals surface area contributed by atoms with Gasteiger partial charge < -0.3 is 15.8 Å². The summed E-state index contributed by atoms with van der Waals surface area (Å²) in [4.78, 5) is 11.3. The van der Waals surface area contributed by atoms with Crippen LogP contribution in [0.25, 0.3) is 0 Å². The van der Waals surface area contributed by atoms with Crippen LogP contribution in [-0.4, -0.2) is 36.6 Å². The fraction of sp³-hybridized carbons (Fsp3) is 0.500. The van der Waals surface area contributed by atoms with Crippen LogP contribution in [0.15, 0.2) is 28.7 Å². The Morgan fingerprint density at radius 2 is 2.30 bits per heavy atom. The third-order valence-electron chi connectivity index (χ3n) is 2.37. The van der Waals surface area contributed by atoms with Gasteiger partial charge in [0.05, 0.1) is 6.61 Å². The number of benzene rings is 1. The molecule has 0 heterocycles. The summed E-state index contributed by atoms with van der Waals surface area (Å²) < 4.78 is 6.63. The number of carbonyl (C=O) groups is 1. The van der Waals surface area contributed by atoms with Crippen molar-refractivity contribution in [2.75, 3.05) is 24.7 Å². The van der Waals surface area contributed by atoms with Crippen molar-refractivity contribution in [3.05, 3.63) is 28.7 Å². The van der Waals surface area contributed by atoms with Crippen LogP contribution < -0.4 is 15.8 Å². The largest absolute Gasteiger partial charge is 0.493 e. The SMILES string of the molecule is CC(N)CC(=O)NCCSCCOc1cccc(Br)c1. The summed E-state index contributed by atoms with van der Waals surface area (Å²) in [5, 5.41) is 2.84. The molecule has 0 aliphatic rings. The fourth-order valence-electron chi connectivity index (χ4n) is 1.50. The summed E-state index contributed by atoms with van der Waals surface area (Å²) in [6.07, 6.45) is 0.386. The Kier molecular flexibility index (Phi) is 8.73. The number of hydrogen-bond acceptors (Lipinski definition) is 4. The molecule has 1 rings (SSSR count). The van der Waals surface area contributed by atoms with E-state index in [1.807, 2.05) is 31.2 Å². The number of rotatable bonds is 9. The van der Waals surface area contributed by atoms with Crippen LogP contribution in [0.4, 0.5) is 0 Å². The van der Waals surface area contributed by atoms with Crippen LogP contribution in [0.5, 0.6) is 5.75 Å². The molecule has 0 saturated heterocycles. The zero-order valence-electron chi connectivity index (χ0n) is 11.6. The van der Waals surface area contributed by atoms with Gasteiger partial charge in [-0.05, 0) is 25.1 Å². The maximum absolute atomic E-state index is 11.3. The highest BCUT2D eigenvalue weighted by molar-refractivity contribution is 9.10. The van der Waals surface area contributed by atoms with E-state index in [9.17, 15) is 4.79 Å². The third kappa shape index (κ3) is 8.45. The normalized spacial score (nSPS) is 11.9. The molecule has 0 fully saturated rings. The van der Waals surface area contributed by atoms with Crippen molar-refractivity contribution in [2.24, 2.45) is 5.73 Å². The Morgan fingerprint density at radius 1 is 1.50 bits per heavy atom. The molecular weight excluding hydrogens is 340 g/mol. The third-order valence-corrected chi connectivity index (χ3v) is 3.81. The summed E-state index contributed by atoms with van der Waals surface area (Å²) >= 11 is 5.16. The molecule has 6 heteroatoms. The lowest BCUT2D eigenvalue weighted by Gasteiger charge is -2.08. The summed E-state index contributed by atoms with van der Waals surface area (Å²) in [6, 6.07) is 7.71. The highest BCUT2D eigenvalue weighted by atomic mass is 79.9. The van der Waals surface area contributed by atoms with E-state index in [0.717, 1.165) is 21.7 Å². The summed E-state index contributed by atoms with van der Waals surface area (Å²) in [5.74, 6) is 2.67. The minimum atomic E-state index is -0.0822. The first-order valence-corrected chi connectivity index (χ1v) is 8.51. The highest BCUT2D eigenvalue weighted by Gasteiger charge is 2.03. The van der Waals surface area contributed by atoms with Crippen LogP contribution in [-0.2, 0) is 4.79 Å². The lowest BCUT2D eigenvalue weighted by atomic mass is 10.2. The number of carbonyl (C=O) groups excluding carboxylic acids is 1. The molecule has 20 heavy (non-hydrogen) atoms. The smallest absolute Gasteiger partial charge is 0.221 e. The zero-order valence-corrected chi connectivity index (χ0v) is 14.0. The standard InChI is InChI=1S/C14H21BrN2O2S/c1-11(16)9-14(18)17-5-7-20-8-6-19-13-4-2-3-12(15)10-13/h2-4,10-11H,5-9,16H2,1H3,(H,17,18). The number of ether oxygens (including phenoxy) is 1.